The van der Waals surface area contributed by atoms with Gasteiger partial charge in [0.05, 0.1) is 6.10 Å². The number of benzene rings is 1. The molecule has 21 heavy (non-hydrogen) atoms. The zero-order chi connectivity index (χ0) is 15.1. The molecular formula is C17H26N2O2. The van der Waals surface area contributed by atoms with E-state index >= 15 is 0 Å². The minimum Gasteiger partial charge on any atom is -0.375 e. The number of ether oxygens (including phenoxy) is 1. The fraction of sp³-hybridized carbons (Fsp3) is 0.588. The van der Waals surface area contributed by atoms with Gasteiger partial charge < -0.3 is 15.4 Å². The molecule has 0 aliphatic carbocycles. The SMILES string of the molecule is CO[C@H](CN1CCC[C@H](CCC(N)=O)C1)c1ccccc1. The van der Waals surface area contributed by atoms with Gasteiger partial charge >= 0.3 is 0 Å². The van der Waals surface area contributed by atoms with Gasteiger partial charge in [-0.2, -0.15) is 0 Å². The first-order chi connectivity index (χ1) is 10.2. The standard InChI is InChI=1S/C17H26N2O2/c1-21-16(15-7-3-2-4-8-15)13-19-11-5-6-14(12-19)9-10-17(18)20/h2-4,7-8,14,16H,5-6,9-13H2,1H3,(H2,18,20)/t14-,16-/m1/s1. The second-order valence-corrected chi connectivity index (χ2v) is 5.91. The van der Waals surface area contributed by atoms with E-state index in [1.54, 1.807) is 7.11 Å². The monoisotopic (exact) mass is 290 g/mol. The fourth-order valence-electron chi connectivity index (χ4n) is 3.12. The Morgan fingerprint density at radius 1 is 1.43 bits per heavy atom. The van der Waals surface area contributed by atoms with Gasteiger partial charge in [-0.25, -0.2) is 0 Å². The number of carbonyl (C=O) groups is 1. The van der Waals surface area contributed by atoms with Gasteiger partial charge in [0.15, 0.2) is 0 Å². The maximum atomic E-state index is 10.9. The van der Waals surface area contributed by atoms with Crippen LogP contribution in [0.1, 0.15) is 37.4 Å². The Labute approximate surface area is 127 Å². The van der Waals surface area contributed by atoms with Crippen LogP contribution < -0.4 is 5.73 Å². The lowest BCUT2D eigenvalue weighted by Gasteiger charge is -2.34. The van der Waals surface area contributed by atoms with Crippen molar-refractivity contribution in [3.05, 3.63) is 35.9 Å². The highest BCUT2D eigenvalue weighted by Crippen LogP contribution is 2.24. The molecule has 1 aliphatic heterocycles. The zero-order valence-electron chi connectivity index (χ0n) is 12.8. The van der Waals surface area contributed by atoms with E-state index in [-0.39, 0.29) is 12.0 Å². The number of hydrogen-bond donors (Lipinski definition) is 1. The third kappa shape index (κ3) is 5.14. The normalized spacial score (nSPS) is 21.1. The summed E-state index contributed by atoms with van der Waals surface area (Å²) >= 11 is 0. The van der Waals surface area contributed by atoms with Gasteiger partial charge in [0.25, 0.3) is 0 Å². The van der Waals surface area contributed by atoms with Gasteiger partial charge in [-0.1, -0.05) is 30.3 Å². The highest BCUT2D eigenvalue weighted by molar-refractivity contribution is 5.73. The smallest absolute Gasteiger partial charge is 0.217 e. The summed E-state index contributed by atoms with van der Waals surface area (Å²) in [6.45, 7) is 3.06. The molecule has 1 saturated heterocycles. The predicted molar refractivity (Wildman–Crippen MR) is 83.8 cm³/mol. The lowest BCUT2D eigenvalue weighted by atomic mass is 9.93. The molecular weight excluding hydrogens is 264 g/mol. The molecule has 0 radical (unpaired) electrons. The van der Waals surface area contributed by atoms with Crippen LogP contribution in [-0.2, 0) is 9.53 Å². The number of rotatable bonds is 7. The Balaban J connectivity index is 1.87. The van der Waals surface area contributed by atoms with E-state index in [2.05, 4.69) is 17.0 Å². The molecule has 0 spiro atoms. The molecule has 2 rings (SSSR count). The third-order valence-corrected chi connectivity index (χ3v) is 4.28. The van der Waals surface area contributed by atoms with Gasteiger partial charge in [0, 0.05) is 26.6 Å². The summed E-state index contributed by atoms with van der Waals surface area (Å²) < 4.78 is 5.66. The van der Waals surface area contributed by atoms with E-state index in [1.807, 2.05) is 18.2 Å². The number of carbonyl (C=O) groups excluding carboxylic acids is 1. The van der Waals surface area contributed by atoms with E-state index in [0.29, 0.717) is 12.3 Å². The summed E-state index contributed by atoms with van der Waals surface area (Å²) in [4.78, 5) is 13.4. The summed E-state index contributed by atoms with van der Waals surface area (Å²) in [6, 6.07) is 10.3. The molecule has 0 bridgehead atoms. The maximum Gasteiger partial charge on any atom is 0.217 e. The second kappa shape index (κ2) is 8.15. The zero-order valence-corrected chi connectivity index (χ0v) is 12.8. The van der Waals surface area contributed by atoms with Crippen molar-refractivity contribution in [1.82, 2.24) is 4.90 Å². The van der Waals surface area contributed by atoms with Crippen LogP contribution in [0.25, 0.3) is 0 Å². The first kappa shape index (κ1) is 16.0. The van der Waals surface area contributed by atoms with Crippen LogP contribution in [-0.4, -0.2) is 37.6 Å². The maximum absolute atomic E-state index is 10.9. The average molecular weight is 290 g/mol. The van der Waals surface area contributed by atoms with E-state index in [4.69, 9.17) is 10.5 Å². The van der Waals surface area contributed by atoms with Crippen LogP contribution in [0.5, 0.6) is 0 Å². The average Bonchev–Trinajstić information content (AvgIpc) is 2.52. The van der Waals surface area contributed by atoms with E-state index in [0.717, 1.165) is 26.1 Å². The molecule has 1 amide bonds. The Kier molecular flexibility index (Phi) is 6.21. The van der Waals surface area contributed by atoms with Crippen molar-refractivity contribution >= 4 is 5.91 Å². The fourth-order valence-corrected chi connectivity index (χ4v) is 3.12. The van der Waals surface area contributed by atoms with Crippen molar-refractivity contribution in [3.8, 4) is 0 Å². The molecule has 4 nitrogen and oxygen atoms in total. The number of amides is 1. The highest BCUT2D eigenvalue weighted by atomic mass is 16.5. The lowest BCUT2D eigenvalue weighted by Crippen LogP contribution is -2.38. The van der Waals surface area contributed by atoms with Gasteiger partial charge in [-0.05, 0) is 37.3 Å². The minimum atomic E-state index is -0.189. The predicted octanol–water partition coefficient (Wildman–Crippen LogP) is 2.35. The number of piperidine rings is 1. The Bertz CT molecular complexity index is 436. The van der Waals surface area contributed by atoms with Crippen molar-refractivity contribution in [2.24, 2.45) is 11.7 Å². The summed E-state index contributed by atoms with van der Waals surface area (Å²) in [5, 5.41) is 0. The van der Waals surface area contributed by atoms with Gasteiger partial charge in [0.1, 0.15) is 0 Å². The number of likely N-dealkylation sites (tertiary alicyclic amines) is 1. The molecule has 116 valence electrons. The van der Waals surface area contributed by atoms with Gasteiger partial charge in [-0.3, -0.25) is 4.79 Å². The van der Waals surface area contributed by atoms with E-state index in [9.17, 15) is 4.79 Å². The van der Waals surface area contributed by atoms with Crippen LogP contribution in [0.3, 0.4) is 0 Å². The molecule has 0 aromatic heterocycles. The number of nitrogens with zero attached hydrogens (tertiary/aromatic N) is 1. The van der Waals surface area contributed by atoms with Crippen LogP contribution >= 0.6 is 0 Å². The van der Waals surface area contributed by atoms with Crippen LogP contribution in [0.2, 0.25) is 0 Å². The molecule has 2 atom stereocenters. The number of primary amides is 1. The van der Waals surface area contributed by atoms with Crippen molar-refractivity contribution in [3.63, 3.8) is 0 Å². The molecule has 4 heteroatoms. The first-order valence-corrected chi connectivity index (χ1v) is 7.77. The van der Waals surface area contributed by atoms with Crippen LogP contribution in [0.15, 0.2) is 30.3 Å². The minimum absolute atomic E-state index is 0.112. The van der Waals surface area contributed by atoms with Crippen LogP contribution in [0, 0.1) is 5.92 Å². The third-order valence-electron chi connectivity index (χ3n) is 4.28. The van der Waals surface area contributed by atoms with E-state index < -0.39 is 0 Å². The first-order valence-electron chi connectivity index (χ1n) is 7.77. The highest BCUT2D eigenvalue weighted by Gasteiger charge is 2.23. The van der Waals surface area contributed by atoms with Gasteiger partial charge in [0.2, 0.25) is 5.91 Å². The molecule has 1 aliphatic rings. The number of methoxy groups -OCH3 is 1. The molecule has 1 heterocycles. The molecule has 1 aromatic carbocycles. The van der Waals surface area contributed by atoms with Gasteiger partial charge in [-0.15, -0.1) is 0 Å². The number of hydrogen-bond acceptors (Lipinski definition) is 3. The summed E-state index contributed by atoms with van der Waals surface area (Å²) in [5.41, 5.74) is 6.47. The van der Waals surface area contributed by atoms with Crippen molar-refractivity contribution in [1.29, 1.82) is 0 Å². The Morgan fingerprint density at radius 2 is 2.19 bits per heavy atom. The molecule has 2 N–H and O–H groups in total. The van der Waals surface area contributed by atoms with Crippen molar-refractivity contribution in [2.45, 2.75) is 31.8 Å². The van der Waals surface area contributed by atoms with Crippen molar-refractivity contribution < 1.29 is 9.53 Å². The molecule has 1 aromatic rings. The topological polar surface area (TPSA) is 55.6 Å². The summed E-state index contributed by atoms with van der Waals surface area (Å²) in [5.74, 6) is 0.394. The Hall–Kier alpha value is -1.39. The van der Waals surface area contributed by atoms with Crippen LogP contribution in [0.4, 0.5) is 0 Å². The van der Waals surface area contributed by atoms with E-state index in [1.165, 1.54) is 18.4 Å². The summed E-state index contributed by atoms with van der Waals surface area (Å²) in [7, 11) is 1.77. The second-order valence-electron chi connectivity index (χ2n) is 5.91. The molecule has 1 fully saturated rings. The lowest BCUT2D eigenvalue weighted by molar-refractivity contribution is -0.118. The van der Waals surface area contributed by atoms with Crippen molar-refractivity contribution in [2.75, 3.05) is 26.7 Å². The quantitative estimate of drug-likeness (QED) is 0.838. The number of nitrogens with two attached hydrogens (primary N) is 1. The summed E-state index contributed by atoms with van der Waals surface area (Å²) in [6.07, 6.45) is 3.92. The molecule has 0 unspecified atom stereocenters. The molecule has 0 saturated carbocycles. The Morgan fingerprint density at radius 3 is 2.86 bits per heavy atom. The largest absolute Gasteiger partial charge is 0.375 e.